The Kier molecular flexibility index (Phi) is 2.81. The Hall–Kier alpha value is -1.58. The van der Waals surface area contributed by atoms with Gasteiger partial charge in [-0.15, -0.1) is 0 Å². The quantitative estimate of drug-likeness (QED) is 0.677. The Morgan fingerprint density at radius 3 is 2.69 bits per heavy atom. The van der Waals surface area contributed by atoms with Crippen molar-refractivity contribution in [1.29, 1.82) is 0 Å². The largest absolute Gasteiger partial charge is 0.465 e. The fourth-order valence-corrected chi connectivity index (χ4v) is 2.12. The topological polar surface area (TPSA) is 56.5 Å². The fraction of sp³-hybridized carbons (Fsp3) is 0.500. The van der Waals surface area contributed by atoms with Crippen molar-refractivity contribution >= 4 is 5.97 Å². The summed E-state index contributed by atoms with van der Waals surface area (Å²) in [6.45, 7) is 1.63. The first-order valence-electron chi connectivity index (χ1n) is 5.39. The van der Waals surface area contributed by atoms with Crippen LogP contribution in [0.25, 0.3) is 0 Å². The van der Waals surface area contributed by atoms with Gasteiger partial charge in [-0.3, -0.25) is 4.79 Å². The molecule has 1 aliphatic rings. The van der Waals surface area contributed by atoms with Crippen molar-refractivity contribution in [2.24, 2.45) is 0 Å². The monoisotopic (exact) mass is 222 g/mol. The lowest BCUT2D eigenvalue weighted by Gasteiger charge is -2.15. The van der Waals surface area contributed by atoms with Crippen LogP contribution in [-0.4, -0.2) is 13.1 Å². The van der Waals surface area contributed by atoms with Crippen molar-refractivity contribution in [2.45, 2.75) is 32.6 Å². The van der Waals surface area contributed by atoms with Crippen molar-refractivity contribution in [3.05, 3.63) is 32.9 Å². The second-order valence-corrected chi connectivity index (χ2v) is 3.96. The predicted molar refractivity (Wildman–Crippen MR) is 57.7 cm³/mol. The molecule has 1 heterocycles. The number of ether oxygens (including phenoxy) is 1. The van der Waals surface area contributed by atoms with Gasteiger partial charge in [-0.2, -0.15) is 0 Å². The van der Waals surface area contributed by atoms with E-state index >= 15 is 0 Å². The zero-order valence-corrected chi connectivity index (χ0v) is 9.46. The number of fused-ring (bicyclic) bond motifs is 1. The van der Waals surface area contributed by atoms with Crippen LogP contribution in [0.4, 0.5) is 0 Å². The van der Waals surface area contributed by atoms with Gasteiger partial charge in [-0.25, -0.2) is 4.79 Å². The summed E-state index contributed by atoms with van der Waals surface area (Å²) in [6, 6.07) is 0. The lowest BCUT2D eigenvalue weighted by atomic mass is 9.95. The molecule has 86 valence electrons. The molecule has 0 saturated carbocycles. The number of rotatable bonds is 1. The summed E-state index contributed by atoms with van der Waals surface area (Å²) in [5.74, 6) is 0.485. The SMILES string of the molecule is COC(=O)c1c(C)oc2c(c1=O)CCCC2. The van der Waals surface area contributed by atoms with Crippen LogP contribution in [0.15, 0.2) is 9.21 Å². The number of methoxy groups -OCH3 is 1. The standard InChI is InChI=1S/C12H14O4/c1-7-10(12(14)15-2)11(13)8-5-3-4-6-9(8)16-7/h3-6H2,1-2H3. The number of carbonyl (C=O) groups is 1. The van der Waals surface area contributed by atoms with Gasteiger partial charge in [0.25, 0.3) is 0 Å². The van der Waals surface area contributed by atoms with Gasteiger partial charge in [0.15, 0.2) is 0 Å². The van der Waals surface area contributed by atoms with Crippen molar-refractivity contribution in [3.8, 4) is 0 Å². The maximum atomic E-state index is 12.1. The van der Waals surface area contributed by atoms with E-state index in [2.05, 4.69) is 4.74 Å². The van der Waals surface area contributed by atoms with Gasteiger partial charge in [-0.05, 0) is 26.2 Å². The lowest BCUT2D eigenvalue weighted by molar-refractivity contribution is 0.0594. The van der Waals surface area contributed by atoms with E-state index in [9.17, 15) is 9.59 Å². The molecule has 1 aromatic heterocycles. The number of hydrogen-bond donors (Lipinski definition) is 0. The highest BCUT2D eigenvalue weighted by atomic mass is 16.5. The summed E-state index contributed by atoms with van der Waals surface area (Å²) in [4.78, 5) is 23.5. The zero-order valence-electron chi connectivity index (χ0n) is 9.46. The van der Waals surface area contributed by atoms with Crippen LogP contribution < -0.4 is 5.43 Å². The van der Waals surface area contributed by atoms with Gasteiger partial charge in [0, 0.05) is 12.0 Å². The lowest BCUT2D eigenvalue weighted by Crippen LogP contribution is -2.25. The van der Waals surface area contributed by atoms with Crippen LogP contribution in [0.3, 0.4) is 0 Å². The molecule has 0 atom stereocenters. The first-order valence-corrected chi connectivity index (χ1v) is 5.39. The van der Waals surface area contributed by atoms with E-state index in [0.717, 1.165) is 25.0 Å². The second-order valence-electron chi connectivity index (χ2n) is 3.96. The maximum Gasteiger partial charge on any atom is 0.345 e. The van der Waals surface area contributed by atoms with E-state index in [-0.39, 0.29) is 11.0 Å². The predicted octanol–water partition coefficient (Wildman–Crippen LogP) is 1.61. The summed E-state index contributed by atoms with van der Waals surface area (Å²) in [6.07, 6.45) is 3.49. The van der Waals surface area contributed by atoms with Crippen LogP contribution in [0, 0.1) is 6.92 Å². The molecule has 0 spiro atoms. The number of hydrogen-bond acceptors (Lipinski definition) is 4. The normalized spacial score (nSPS) is 14.4. The minimum absolute atomic E-state index is 0.0446. The summed E-state index contributed by atoms with van der Waals surface area (Å²) in [7, 11) is 1.26. The first kappa shape index (κ1) is 10.9. The van der Waals surface area contributed by atoms with E-state index in [1.807, 2.05) is 0 Å². The molecular weight excluding hydrogens is 208 g/mol. The Bertz CT molecular complexity index is 485. The molecule has 0 aliphatic heterocycles. The van der Waals surface area contributed by atoms with Gasteiger partial charge >= 0.3 is 5.97 Å². The summed E-state index contributed by atoms with van der Waals surface area (Å²) >= 11 is 0. The van der Waals surface area contributed by atoms with Gasteiger partial charge in [0.1, 0.15) is 17.1 Å². The van der Waals surface area contributed by atoms with Gasteiger partial charge in [-0.1, -0.05) is 0 Å². The first-order chi connectivity index (χ1) is 7.65. The second kappa shape index (κ2) is 4.12. The van der Waals surface area contributed by atoms with Crippen molar-refractivity contribution in [2.75, 3.05) is 7.11 Å². The van der Waals surface area contributed by atoms with Crippen LogP contribution in [-0.2, 0) is 17.6 Å². The number of esters is 1. The summed E-state index contributed by atoms with van der Waals surface area (Å²) < 4.78 is 10.1. The molecule has 2 rings (SSSR count). The molecule has 0 N–H and O–H groups in total. The van der Waals surface area contributed by atoms with Crippen molar-refractivity contribution < 1.29 is 13.9 Å². The molecule has 1 aromatic rings. The molecule has 0 saturated heterocycles. The van der Waals surface area contributed by atoms with Crippen LogP contribution in [0.2, 0.25) is 0 Å². The molecule has 16 heavy (non-hydrogen) atoms. The van der Waals surface area contributed by atoms with E-state index < -0.39 is 5.97 Å². The molecule has 0 unspecified atom stereocenters. The van der Waals surface area contributed by atoms with E-state index in [1.165, 1.54) is 7.11 Å². The van der Waals surface area contributed by atoms with E-state index in [0.29, 0.717) is 17.7 Å². The molecule has 1 aliphatic carbocycles. The smallest absolute Gasteiger partial charge is 0.345 e. The Balaban J connectivity index is 2.63. The Morgan fingerprint density at radius 2 is 2.00 bits per heavy atom. The van der Waals surface area contributed by atoms with E-state index in [1.54, 1.807) is 6.92 Å². The molecular formula is C12H14O4. The Labute approximate surface area is 93.2 Å². The summed E-state index contributed by atoms with van der Waals surface area (Å²) in [5.41, 5.74) is 0.478. The fourth-order valence-electron chi connectivity index (χ4n) is 2.12. The minimum Gasteiger partial charge on any atom is -0.465 e. The molecule has 4 nitrogen and oxygen atoms in total. The minimum atomic E-state index is -0.611. The molecule has 0 radical (unpaired) electrons. The van der Waals surface area contributed by atoms with Gasteiger partial charge in [0.2, 0.25) is 5.43 Å². The number of carbonyl (C=O) groups excluding carboxylic acids is 1. The third-order valence-electron chi connectivity index (χ3n) is 2.94. The van der Waals surface area contributed by atoms with E-state index in [4.69, 9.17) is 4.42 Å². The van der Waals surface area contributed by atoms with Crippen molar-refractivity contribution in [3.63, 3.8) is 0 Å². The molecule has 0 amide bonds. The van der Waals surface area contributed by atoms with Crippen molar-refractivity contribution in [1.82, 2.24) is 0 Å². The molecule has 0 fully saturated rings. The highest BCUT2D eigenvalue weighted by molar-refractivity contribution is 5.90. The highest BCUT2D eigenvalue weighted by Crippen LogP contribution is 2.21. The average molecular weight is 222 g/mol. The zero-order chi connectivity index (χ0) is 11.7. The maximum absolute atomic E-state index is 12.1. The van der Waals surface area contributed by atoms with Gasteiger partial charge in [0.05, 0.1) is 7.11 Å². The molecule has 0 aromatic carbocycles. The third-order valence-corrected chi connectivity index (χ3v) is 2.94. The summed E-state index contributed by atoms with van der Waals surface area (Å²) in [5, 5.41) is 0. The third kappa shape index (κ3) is 1.64. The Morgan fingerprint density at radius 1 is 1.31 bits per heavy atom. The highest BCUT2D eigenvalue weighted by Gasteiger charge is 2.23. The van der Waals surface area contributed by atoms with Crippen LogP contribution in [0.5, 0.6) is 0 Å². The van der Waals surface area contributed by atoms with Crippen LogP contribution >= 0.6 is 0 Å². The molecule has 4 heteroatoms. The van der Waals surface area contributed by atoms with Crippen LogP contribution in [0.1, 0.15) is 40.3 Å². The van der Waals surface area contributed by atoms with Gasteiger partial charge < -0.3 is 9.15 Å². The number of aryl methyl sites for hydroxylation is 2. The molecule has 0 bridgehead atoms. The average Bonchev–Trinajstić information content (AvgIpc) is 2.28.